The minimum atomic E-state index is -0.468. The summed E-state index contributed by atoms with van der Waals surface area (Å²) >= 11 is 0. The summed E-state index contributed by atoms with van der Waals surface area (Å²) in [6.07, 6.45) is 1.44. The molecule has 0 aliphatic heterocycles. The lowest BCUT2D eigenvalue weighted by atomic mass is 10.6. The van der Waals surface area contributed by atoms with Gasteiger partial charge in [-0.2, -0.15) is 0 Å². The highest BCUT2D eigenvalue weighted by molar-refractivity contribution is 5.73. The van der Waals surface area contributed by atoms with Crippen molar-refractivity contribution in [2.45, 2.75) is 6.54 Å². The molecule has 0 bridgehead atoms. The Morgan fingerprint density at radius 2 is 2.50 bits per heavy atom. The van der Waals surface area contributed by atoms with E-state index >= 15 is 0 Å². The van der Waals surface area contributed by atoms with Gasteiger partial charge in [-0.25, -0.2) is 4.68 Å². The second-order valence-corrected chi connectivity index (χ2v) is 1.81. The van der Waals surface area contributed by atoms with Crippen LogP contribution in [0.25, 0.3) is 0 Å². The summed E-state index contributed by atoms with van der Waals surface area (Å²) in [6, 6.07) is 0. The number of aromatic nitrogens is 3. The highest BCUT2D eigenvalue weighted by atomic mass is 16.1. The molecule has 0 aliphatic carbocycles. The van der Waals surface area contributed by atoms with Gasteiger partial charge in [-0.1, -0.05) is 5.21 Å². The molecule has 0 spiro atoms. The Morgan fingerprint density at radius 3 is 2.90 bits per heavy atom. The summed E-state index contributed by atoms with van der Waals surface area (Å²) in [6.45, 7) is 0.0181. The number of amides is 1. The molecule has 1 aromatic rings. The van der Waals surface area contributed by atoms with Crippen LogP contribution in [0.4, 0.5) is 5.82 Å². The molecule has 1 aromatic heterocycles. The number of primary amides is 1. The lowest BCUT2D eigenvalue weighted by molar-refractivity contribution is -0.118. The number of anilines is 1. The van der Waals surface area contributed by atoms with Crippen LogP contribution in [0.2, 0.25) is 0 Å². The van der Waals surface area contributed by atoms with Gasteiger partial charge in [0.05, 0.1) is 6.20 Å². The molecule has 6 heteroatoms. The van der Waals surface area contributed by atoms with Gasteiger partial charge in [0.25, 0.3) is 0 Å². The minimum absolute atomic E-state index is 0.0181. The number of nitrogens with zero attached hydrogens (tertiary/aromatic N) is 3. The largest absolute Gasteiger partial charge is 0.381 e. The molecule has 0 saturated heterocycles. The first-order valence-corrected chi connectivity index (χ1v) is 2.62. The molecular formula is C4H7N5O. The lowest BCUT2D eigenvalue weighted by Gasteiger charge is -1.90. The van der Waals surface area contributed by atoms with Crippen molar-refractivity contribution in [3.63, 3.8) is 0 Å². The maximum atomic E-state index is 10.3. The van der Waals surface area contributed by atoms with Gasteiger partial charge in [0.1, 0.15) is 6.54 Å². The third-order valence-electron chi connectivity index (χ3n) is 0.874. The van der Waals surface area contributed by atoms with E-state index in [1.807, 2.05) is 0 Å². The van der Waals surface area contributed by atoms with E-state index in [9.17, 15) is 4.79 Å². The molecule has 6 nitrogen and oxygen atoms in total. The first-order valence-electron chi connectivity index (χ1n) is 2.62. The van der Waals surface area contributed by atoms with Crippen LogP contribution in [0.3, 0.4) is 0 Å². The first-order chi connectivity index (χ1) is 4.68. The Bertz CT molecular complexity index is 242. The molecule has 54 valence electrons. The van der Waals surface area contributed by atoms with Crippen LogP contribution in [0.15, 0.2) is 6.20 Å². The smallest absolute Gasteiger partial charge is 0.239 e. The summed E-state index contributed by atoms with van der Waals surface area (Å²) in [5, 5.41) is 6.95. The number of carbonyl (C=O) groups excluding carboxylic acids is 1. The molecule has 0 radical (unpaired) electrons. The van der Waals surface area contributed by atoms with Crippen LogP contribution in [0.5, 0.6) is 0 Å². The SMILES string of the molecule is NC(=O)Cn1cc(N)nn1. The van der Waals surface area contributed by atoms with Crippen LogP contribution in [0.1, 0.15) is 0 Å². The monoisotopic (exact) mass is 141 g/mol. The average Bonchev–Trinajstić information content (AvgIpc) is 2.13. The van der Waals surface area contributed by atoms with Crippen LogP contribution >= 0.6 is 0 Å². The Morgan fingerprint density at radius 1 is 1.80 bits per heavy atom. The zero-order chi connectivity index (χ0) is 7.56. The normalized spacial score (nSPS) is 9.60. The van der Waals surface area contributed by atoms with E-state index in [4.69, 9.17) is 11.5 Å². The standard InChI is InChI=1S/C4H7N5O/c5-3-1-9(8-7-3)2-4(6)10/h1H,2,5H2,(H2,6,10). The Balaban J connectivity index is 2.67. The number of nitrogens with two attached hydrogens (primary N) is 2. The van der Waals surface area contributed by atoms with Crippen molar-refractivity contribution in [2.24, 2.45) is 5.73 Å². The fourth-order valence-electron chi connectivity index (χ4n) is 0.550. The van der Waals surface area contributed by atoms with Crippen molar-refractivity contribution >= 4 is 11.7 Å². The van der Waals surface area contributed by atoms with Crippen molar-refractivity contribution in [3.8, 4) is 0 Å². The quantitative estimate of drug-likeness (QED) is 0.515. The predicted octanol–water partition coefficient (Wildman–Crippen LogP) is -1.65. The molecule has 0 aliphatic rings. The van der Waals surface area contributed by atoms with Gasteiger partial charge >= 0.3 is 0 Å². The number of rotatable bonds is 2. The van der Waals surface area contributed by atoms with Crippen molar-refractivity contribution in [1.82, 2.24) is 15.0 Å². The third-order valence-corrected chi connectivity index (χ3v) is 0.874. The van der Waals surface area contributed by atoms with Crippen LogP contribution in [-0.2, 0) is 11.3 Å². The van der Waals surface area contributed by atoms with Gasteiger partial charge in [0, 0.05) is 0 Å². The number of carbonyl (C=O) groups is 1. The Kier molecular flexibility index (Phi) is 1.53. The molecule has 1 rings (SSSR count). The van der Waals surface area contributed by atoms with Gasteiger partial charge < -0.3 is 11.5 Å². The molecule has 1 heterocycles. The van der Waals surface area contributed by atoms with Crippen molar-refractivity contribution in [2.75, 3.05) is 5.73 Å². The molecule has 0 saturated carbocycles. The lowest BCUT2D eigenvalue weighted by Crippen LogP contribution is -2.18. The summed E-state index contributed by atoms with van der Waals surface area (Å²) in [4.78, 5) is 10.3. The first kappa shape index (κ1) is 6.53. The van der Waals surface area contributed by atoms with Crippen molar-refractivity contribution < 1.29 is 4.79 Å². The van der Waals surface area contributed by atoms with Crippen molar-refractivity contribution in [1.29, 1.82) is 0 Å². The number of nitrogen functional groups attached to an aromatic ring is 1. The van der Waals surface area contributed by atoms with Crippen molar-refractivity contribution in [3.05, 3.63) is 6.20 Å². The Labute approximate surface area is 56.8 Å². The van der Waals surface area contributed by atoms with Crippen LogP contribution < -0.4 is 11.5 Å². The fraction of sp³-hybridized carbons (Fsp3) is 0.250. The van der Waals surface area contributed by atoms with E-state index in [1.165, 1.54) is 10.9 Å². The van der Waals surface area contributed by atoms with Gasteiger partial charge in [-0.05, 0) is 0 Å². The van der Waals surface area contributed by atoms with E-state index in [0.29, 0.717) is 0 Å². The third kappa shape index (κ3) is 1.44. The average molecular weight is 141 g/mol. The van der Waals surface area contributed by atoms with E-state index in [1.54, 1.807) is 0 Å². The second kappa shape index (κ2) is 2.34. The maximum Gasteiger partial charge on any atom is 0.239 e. The van der Waals surface area contributed by atoms with E-state index in [2.05, 4.69) is 10.3 Å². The van der Waals surface area contributed by atoms with E-state index < -0.39 is 5.91 Å². The number of hydrogen-bond acceptors (Lipinski definition) is 4. The van der Waals surface area contributed by atoms with Crippen LogP contribution in [0, 0.1) is 0 Å². The Hall–Kier alpha value is -1.59. The highest BCUT2D eigenvalue weighted by Gasteiger charge is 1.98. The molecule has 0 atom stereocenters. The van der Waals surface area contributed by atoms with Gasteiger partial charge in [0.15, 0.2) is 5.82 Å². The van der Waals surface area contributed by atoms with Gasteiger partial charge in [0.2, 0.25) is 5.91 Å². The summed E-state index contributed by atoms with van der Waals surface area (Å²) < 4.78 is 1.28. The molecular weight excluding hydrogens is 134 g/mol. The van der Waals surface area contributed by atoms with E-state index in [-0.39, 0.29) is 12.4 Å². The fourth-order valence-corrected chi connectivity index (χ4v) is 0.550. The van der Waals surface area contributed by atoms with Gasteiger partial charge in [-0.3, -0.25) is 4.79 Å². The molecule has 4 N–H and O–H groups in total. The second-order valence-electron chi connectivity index (χ2n) is 1.81. The molecule has 1 amide bonds. The molecule has 0 aromatic carbocycles. The highest BCUT2D eigenvalue weighted by Crippen LogP contribution is 1.90. The summed E-state index contributed by atoms with van der Waals surface area (Å²) in [7, 11) is 0. The predicted molar refractivity (Wildman–Crippen MR) is 33.6 cm³/mol. The zero-order valence-corrected chi connectivity index (χ0v) is 5.19. The maximum absolute atomic E-state index is 10.3. The van der Waals surface area contributed by atoms with E-state index in [0.717, 1.165) is 0 Å². The van der Waals surface area contributed by atoms with Crippen LogP contribution in [-0.4, -0.2) is 20.9 Å². The zero-order valence-electron chi connectivity index (χ0n) is 5.19. The van der Waals surface area contributed by atoms with Gasteiger partial charge in [-0.15, -0.1) is 5.10 Å². The topological polar surface area (TPSA) is 99.8 Å². The molecule has 0 fully saturated rings. The summed E-state index contributed by atoms with van der Waals surface area (Å²) in [5.41, 5.74) is 10.1. The minimum Gasteiger partial charge on any atom is -0.381 e. The molecule has 0 unspecified atom stereocenters. The molecule has 10 heavy (non-hydrogen) atoms. The number of hydrogen-bond donors (Lipinski definition) is 2. The summed E-state index contributed by atoms with van der Waals surface area (Å²) in [5.74, 6) is -0.189.